The summed E-state index contributed by atoms with van der Waals surface area (Å²) in [6, 6.07) is 19.6. The third kappa shape index (κ3) is 4.54. The molecule has 3 aromatic rings. The highest BCUT2D eigenvalue weighted by Crippen LogP contribution is 2.38. The number of hydrogen-bond donors (Lipinski definition) is 1. The van der Waals surface area contributed by atoms with Crippen molar-refractivity contribution in [1.82, 2.24) is 15.3 Å². The molecule has 1 N–H and O–H groups in total. The van der Waals surface area contributed by atoms with E-state index in [1.807, 2.05) is 55.5 Å². The van der Waals surface area contributed by atoms with E-state index in [9.17, 15) is 10.1 Å². The smallest absolute Gasteiger partial charge is 0.262 e. The maximum atomic E-state index is 13.1. The van der Waals surface area contributed by atoms with Crippen molar-refractivity contribution in [3.63, 3.8) is 0 Å². The Morgan fingerprint density at radius 1 is 1.10 bits per heavy atom. The van der Waals surface area contributed by atoms with Crippen molar-refractivity contribution in [3.05, 3.63) is 89.4 Å². The van der Waals surface area contributed by atoms with E-state index in [2.05, 4.69) is 21.4 Å². The lowest BCUT2D eigenvalue weighted by atomic mass is 9.88. The van der Waals surface area contributed by atoms with Crippen LogP contribution in [0.1, 0.15) is 42.5 Å². The first-order valence-corrected chi connectivity index (χ1v) is 10.5. The van der Waals surface area contributed by atoms with E-state index in [4.69, 9.17) is 0 Å². The molecule has 1 saturated carbocycles. The zero-order chi connectivity index (χ0) is 21.7. The van der Waals surface area contributed by atoms with Gasteiger partial charge in [-0.1, -0.05) is 49.2 Å². The van der Waals surface area contributed by atoms with Crippen molar-refractivity contribution >= 4 is 12.0 Å². The topological polar surface area (TPSA) is 78.7 Å². The summed E-state index contributed by atoms with van der Waals surface area (Å²) in [4.78, 5) is 21.9. The SMILES string of the molecule is Cc1cncc(-c2cccc(/C=C(\C#N)C(=O)NC3(c4ccccc4)CCCC3)n2)c1. The number of hydrogen-bond acceptors (Lipinski definition) is 4. The molecule has 1 aliphatic rings. The van der Waals surface area contributed by atoms with Gasteiger partial charge < -0.3 is 5.32 Å². The lowest BCUT2D eigenvalue weighted by Crippen LogP contribution is -2.44. The molecule has 1 fully saturated rings. The third-order valence-corrected chi connectivity index (χ3v) is 5.73. The fourth-order valence-electron chi connectivity index (χ4n) is 4.19. The van der Waals surface area contributed by atoms with Gasteiger partial charge in [0.05, 0.1) is 16.9 Å². The number of nitrogens with one attached hydrogen (secondary N) is 1. The average Bonchev–Trinajstić information content (AvgIpc) is 3.28. The number of aryl methyl sites for hydroxylation is 1. The normalized spacial score (nSPS) is 15.3. The highest BCUT2D eigenvalue weighted by Gasteiger charge is 2.37. The predicted molar refractivity (Wildman–Crippen MR) is 121 cm³/mol. The Bertz CT molecular complexity index is 1160. The lowest BCUT2D eigenvalue weighted by molar-refractivity contribution is -0.119. The molecule has 0 radical (unpaired) electrons. The van der Waals surface area contributed by atoms with Crippen LogP contribution in [0.4, 0.5) is 0 Å². The number of aromatic nitrogens is 2. The Morgan fingerprint density at radius 2 is 1.87 bits per heavy atom. The van der Waals surface area contributed by atoms with Gasteiger partial charge in [-0.3, -0.25) is 9.78 Å². The first kappa shape index (κ1) is 20.5. The summed E-state index contributed by atoms with van der Waals surface area (Å²) < 4.78 is 0. The molecular weight excluding hydrogens is 384 g/mol. The second-order valence-electron chi connectivity index (χ2n) is 7.98. The number of amides is 1. The maximum absolute atomic E-state index is 13.1. The van der Waals surface area contributed by atoms with Gasteiger partial charge >= 0.3 is 0 Å². The number of benzene rings is 1. The van der Waals surface area contributed by atoms with E-state index in [0.717, 1.165) is 48.1 Å². The number of rotatable bonds is 5. The highest BCUT2D eigenvalue weighted by molar-refractivity contribution is 6.02. The maximum Gasteiger partial charge on any atom is 0.262 e. The molecule has 1 amide bonds. The van der Waals surface area contributed by atoms with Crippen molar-refractivity contribution in [2.45, 2.75) is 38.1 Å². The van der Waals surface area contributed by atoms with Gasteiger partial charge in [0, 0.05) is 18.0 Å². The van der Waals surface area contributed by atoms with Crippen LogP contribution in [0, 0.1) is 18.3 Å². The van der Waals surface area contributed by atoms with Gasteiger partial charge in [-0.2, -0.15) is 5.26 Å². The summed E-state index contributed by atoms with van der Waals surface area (Å²) in [5.41, 5.74) is 3.97. The van der Waals surface area contributed by atoms with Gasteiger partial charge in [-0.15, -0.1) is 0 Å². The zero-order valence-corrected chi connectivity index (χ0v) is 17.5. The molecule has 0 bridgehead atoms. The van der Waals surface area contributed by atoms with Crippen LogP contribution in [0.5, 0.6) is 0 Å². The quantitative estimate of drug-likeness (QED) is 0.479. The number of pyridine rings is 2. The van der Waals surface area contributed by atoms with Crippen LogP contribution in [-0.4, -0.2) is 15.9 Å². The van der Waals surface area contributed by atoms with Crippen LogP contribution in [0.2, 0.25) is 0 Å². The van der Waals surface area contributed by atoms with E-state index in [0.29, 0.717) is 5.69 Å². The Hall–Kier alpha value is -3.78. The Kier molecular flexibility index (Phi) is 5.90. The van der Waals surface area contributed by atoms with E-state index in [-0.39, 0.29) is 11.5 Å². The molecule has 154 valence electrons. The summed E-state index contributed by atoms with van der Waals surface area (Å²) in [6.07, 6.45) is 8.94. The Morgan fingerprint density at radius 3 is 2.58 bits per heavy atom. The van der Waals surface area contributed by atoms with Gasteiger partial charge in [-0.05, 0) is 55.2 Å². The van der Waals surface area contributed by atoms with Crippen LogP contribution in [0.15, 0.2) is 72.6 Å². The summed E-state index contributed by atoms with van der Waals surface area (Å²) in [5.74, 6) is -0.363. The number of carbonyl (C=O) groups is 1. The van der Waals surface area contributed by atoms with Gasteiger partial charge in [0.15, 0.2) is 0 Å². The molecule has 2 heterocycles. The number of nitriles is 1. The highest BCUT2D eigenvalue weighted by atomic mass is 16.1. The monoisotopic (exact) mass is 408 g/mol. The molecule has 0 atom stereocenters. The van der Waals surface area contributed by atoms with E-state index in [1.54, 1.807) is 24.5 Å². The van der Waals surface area contributed by atoms with E-state index in [1.165, 1.54) is 0 Å². The first-order chi connectivity index (χ1) is 15.1. The molecule has 5 nitrogen and oxygen atoms in total. The van der Waals surface area contributed by atoms with Crippen LogP contribution in [0.3, 0.4) is 0 Å². The van der Waals surface area contributed by atoms with Crippen molar-refractivity contribution in [2.75, 3.05) is 0 Å². The summed E-state index contributed by atoms with van der Waals surface area (Å²) >= 11 is 0. The van der Waals surface area contributed by atoms with Crippen LogP contribution in [0.25, 0.3) is 17.3 Å². The number of carbonyl (C=O) groups excluding carboxylic acids is 1. The predicted octanol–water partition coefficient (Wildman–Crippen LogP) is 4.94. The minimum atomic E-state index is -0.420. The van der Waals surface area contributed by atoms with Crippen LogP contribution in [-0.2, 0) is 10.3 Å². The minimum absolute atomic E-state index is 0.0502. The molecule has 4 rings (SSSR count). The van der Waals surface area contributed by atoms with Gasteiger partial charge in [0.25, 0.3) is 5.91 Å². The fraction of sp³-hybridized carbons (Fsp3) is 0.231. The third-order valence-electron chi connectivity index (χ3n) is 5.73. The summed E-state index contributed by atoms with van der Waals surface area (Å²) in [5, 5.41) is 12.9. The van der Waals surface area contributed by atoms with Crippen molar-refractivity contribution in [1.29, 1.82) is 5.26 Å². The first-order valence-electron chi connectivity index (χ1n) is 10.5. The Labute approximate surface area is 182 Å². The molecular formula is C26H24N4O. The summed E-state index contributed by atoms with van der Waals surface area (Å²) in [7, 11) is 0. The molecule has 1 aromatic carbocycles. The molecule has 31 heavy (non-hydrogen) atoms. The average molecular weight is 409 g/mol. The van der Waals surface area contributed by atoms with Crippen LogP contribution >= 0.6 is 0 Å². The minimum Gasteiger partial charge on any atom is -0.342 e. The lowest BCUT2D eigenvalue weighted by Gasteiger charge is -2.31. The zero-order valence-electron chi connectivity index (χ0n) is 17.5. The molecule has 0 spiro atoms. The van der Waals surface area contributed by atoms with Crippen LogP contribution < -0.4 is 5.32 Å². The largest absolute Gasteiger partial charge is 0.342 e. The van der Waals surface area contributed by atoms with Crippen molar-refractivity contribution in [2.24, 2.45) is 0 Å². The second-order valence-corrected chi connectivity index (χ2v) is 7.98. The second kappa shape index (κ2) is 8.93. The molecule has 2 aromatic heterocycles. The molecule has 1 aliphatic carbocycles. The van der Waals surface area contributed by atoms with E-state index >= 15 is 0 Å². The van der Waals surface area contributed by atoms with Gasteiger partial charge in [0.1, 0.15) is 11.6 Å². The van der Waals surface area contributed by atoms with Gasteiger partial charge in [0.2, 0.25) is 0 Å². The Balaban J connectivity index is 1.61. The van der Waals surface area contributed by atoms with Crippen molar-refractivity contribution < 1.29 is 4.79 Å². The molecule has 5 heteroatoms. The van der Waals surface area contributed by atoms with Gasteiger partial charge in [-0.25, -0.2) is 4.98 Å². The molecule has 0 saturated heterocycles. The van der Waals surface area contributed by atoms with E-state index < -0.39 is 5.54 Å². The number of nitrogens with zero attached hydrogens (tertiary/aromatic N) is 3. The molecule has 0 unspecified atom stereocenters. The fourth-order valence-corrected chi connectivity index (χ4v) is 4.19. The molecule has 0 aliphatic heterocycles. The summed E-state index contributed by atoms with van der Waals surface area (Å²) in [6.45, 7) is 1.98. The van der Waals surface area contributed by atoms with Crippen molar-refractivity contribution in [3.8, 4) is 17.3 Å². The standard InChI is InChI=1S/C26H24N4O/c1-19-14-21(18-28-17-19)24-11-7-10-23(29-24)15-20(16-27)25(31)30-26(12-5-6-13-26)22-8-3-2-4-9-22/h2-4,7-11,14-15,17-18H,5-6,12-13H2,1H3,(H,30,31)/b20-15+.